The fourth-order valence-electron chi connectivity index (χ4n) is 7.25. The third-order valence-corrected chi connectivity index (χ3v) is 9.78. The SMILES string of the molecule is Cc1cc(Oc2[c-]c3c(cc2)c2ccccc2n3-c2cc(C)ccn2)[c-]c(-n2nc(C)c(-c3c(C(C)C)cc(C(C)C)cc3C(C)C)c2C)c1.[Pd+2]. The van der Waals surface area contributed by atoms with E-state index in [4.69, 9.17) is 14.8 Å². The molecule has 0 saturated heterocycles. The Kier molecular flexibility index (Phi) is 10.1. The second kappa shape index (κ2) is 14.3. The van der Waals surface area contributed by atoms with E-state index < -0.39 is 0 Å². The van der Waals surface area contributed by atoms with Gasteiger partial charge in [0.25, 0.3) is 0 Å². The molecular formula is C45H46N4OPd. The van der Waals surface area contributed by atoms with Crippen LogP contribution in [0, 0.1) is 39.8 Å². The molecule has 0 spiro atoms. The third-order valence-electron chi connectivity index (χ3n) is 9.78. The van der Waals surface area contributed by atoms with Crippen LogP contribution in [0.5, 0.6) is 11.5 Å². The average molecular weight is 765 g/mol. The van der Waals surface area contributed by atoms with Crippen LogP contribution in [0.1, 0.15) is 98.5 Å². The first kappa shape index (κ1) is 36.3. The number of fused-ring (bicyclic) bond motifs is 3. The summed E-state index contributed by atoms with van der Waals surface area (Å²) in [6.07, 6.45) is 1.85. The van der Waals surface area contributed by atoms with E-state index in [2.05, 4.69) is 141 Å². The molecule has 0 amide bonds. The van der Waals surface area contributed by atoms with E-state index in [0.29, 0.717) is 29.3 Å². The molecule has 0 aliphatic rings. The zero-order valence-electron chi connectivity index (χ0n) is 31.3. The molecule has 51 heavy (non-hydrogen) atoms. The van der Waals surface area contributed by atoms with Crippen LogP contribution < -0.4 is 4.74 Å². The Labute approximate surface area is 316 Å². The maximum absolute atomic E-state index is 6.55. The van der Waals surface area contributed by atoms with Gasteiger partial charge in [0.15, 0.2) is 0 Å². The monoisotopic (exact) mass is 764 g/mol. The van der Waals surface area contributed by atoms with Crippen molar-refractivity contribution < 1.29 is 25.2 Å². The molecule has 7 aromatic rings. The molecule has 3 aromatic heterocycles. The molecule has 0 unspecified atom stereocenters. The summed E-state index contributed by atoms with van der Waals surface area (Å²) in [6, 6.07) is 32.7. The minimum Gasteiger partial charge on any atom is -0.509 e. The molecule has 262 valence electrons. The Bertz CT molecular complexity index is 2370. The van der Waals surface area contributed by atoms with Crippen molar-refractivity contribution in [1.29, 1.82) is 0 Å². The van der Waals surface area contributed by atoms with Gasteiger partial charge in [-0.05, 0) is 95.6 Å². The molecule has 5 nitrogen and oxygen atoms in total. The molecule has 0 atom stereocenters. The summed E-state index contributed by atoms with van der Waals surface area (Å²) in [6.45, 7) is 22.2. The van der Waals surface area contributed by atoms with Crippen LogP contribution in [-0.4, -0.2) is 19.3 Å². The minimum absolute atomic E-state index is 0. The van der Waals surface area contributed by atoms with Crippen LogP contribution in [0.15, 0.2) is 79.0 Å². The number of benzene rings is 4. The van der Waals surface area contributed by atoms with Crippen molar-refractivity contribution in [1.82, 2.24) is 19.3 Å². The number of hydrogen-bond acceptors (Lipinski definition) is 3. The molecule has 3 heterocycles. The van der Waals surface area contributed by atoms with Gasteiger partial charge in [0.1, 0.15) is 5.82 Å². The molecule has 0 saturated carbocycles. The predicted molar refractivity (Wildman–Crippen MR) is 207 cm³/mol. The van der Waals surface area contributed by atoms with Crippen LogP contribution in [0.25, 0.3) is 44.4 Å². The van der Waals surface area contributed by atoms with Crippen LogP contribution in [0.2, 0.25) is 0 Å². The number of nitrogens with zero attached hydrogens (tertiary/aromatic N) is 4. The normalized spacial score (nSPS) is 11.7. The van der Waals surface area contributed by atoms with Gasteiger partial charge in [-0.15, -0.1) is 35.7 Å². The van der Waals surface area contributed by atoms with Crippen molar-refractivity contribution in [2.75, 3.05) is 0 Å². The van der Waals surface area contributed by atoms with Crippen molar-refractivity contribution in [3.05, 3.63) is 130 Å². The van der Waals surface area contributed by atoms with Crippen molar-refractivity contribution >= 4 is 21.8 Å². The van der Waals surface area contributed by atoms with Gasteiger partial charge >= 0.3 is 20.4 Å². The summed E-state index contributed by atoms with van der Waals surface area (Å²) in [7, 11) is 0. The minimum atomic E-state index is 0. The Morgan fingerprint density at radius 1 is 0.667 bits per heavy atom. The fraction of sp³-hybridized carbons (Fsp3) is 0.289. The molecule has 0 fully saturated rings. The van der Waals surface area contributed by atoms with Gasteiger partial charge in [-0.25, -0.2) is 4.98 Å². The number of para-hydroxylation sites is 1. The number of hydrogen-bond donors (Lipinski definition) is 0. The Hall–Kier alpha value is -4.50. The first-order valence-corrected chi connectivity index (χ1v) is 17.8. The molecule has 0 aliphatic heterocycles. The van der Waals surface area contributed by atoms with Gasteiger partial charge in [0.05, 0.1) is 5.69 Å². The van der Waals surface area contributed by atoms with E-state index in [1.54, 1.807) is 0 Å². The predicted octanol–water partition coefficient (Wildman–Crippen LogP) is 12.0. The van der Waals surface area contributed by atoms with Gasteiger partial charge in [-0.1, -0.05) is 84.3 Å². The van der Waals surface area contributed by atoms with Gasteiger partial charge < -0.3 is 9.30 Å². The Balaban J connectivity index is 0.00000448. The maximum atomic E-state index is 6.55. The second-order valence-corrected chi connectivity index (χ2v) is 14.6. The average Bonchev–Trinajstić information content (AvgIpc) is 3.56. The summed E-state index contributed by atoms with van der Waals surface area (Å²) < 4.78 is 10.7. The zero-order valence-corrected chi connectivity index (χ0v) is 32.8. The van der Waals surface area contributed by atoms with E-state index in [9.17, 15) is 0 Å². The third kappa shape index (κ3) is 6.68. The second-order valence-electron chi connectivity index (χ2n) is 14.6. The van der Waals surface area contributed by atoms with E-state index in [0.717, 1.165) is 55.8 Å². The molecule has 0 bridgehead atoms. The van der Waals surface area contributed by atoms with Crippen molar-refractivity contribution in [3.63, 3.8) is 0 Å². The molecular weight excluding hydrogens is 719 g/mol. The quantitative estimate of drug-likeness (QED) is 0.114. The Morgan fingerprint density at radius 3 is 2.04 bits per heavy atom. The first-order chi connectivity index (χ1) is 23.9. The van der Waals surface area contributed by atoms with Crippen LogP contribution in [0.3, 0.4) is 0 Å². The van der Waals surface area contributed by atoms with Gasteiger partial charge in [0, 0.05) is 34.5 Å². The van der Waals surface area contributed by atoms with E-state index >= 15 is 0 Å². The number of pyridine rings is 1. The zero-order chi connectivity index (χ0) is 35.4. The summed E-state index contributed by atoms with van der Waals surface area (Å²) >= 11 is 0. The molecule has 4 aromatic carbocycles. The van der Waals surface area contributed by atoms with Gasteiger partial charge in [-0.2, -0.15) is 16.7 Å². The van der Waals surface area contributed by atoms with Crippen LogP contribution in [0.4, 0.5) is 0 Å². The number of aryl methyl sites for hydroxylation is 3. The summed E-state index contributed by atoms with van der Waals surface area (Å²) in [5, 5.41) is 7.39. The Morgan fingerprint density at radius 2 is 1.37 bits per heavy atom. The molecule has 7 rings (SSSR count). The molecule has 6 heteroatoms. The van der Waals surface area contributed by atoms with Gasteiger partial charge in [-0.3, -0.25) is 4.68 Å². The van der Waals surface area contributed by atoms with E-state index in [1.165, 1.54) is 27.8 Å². The van der Waals surface area contributed by atoms with Crippen LogP contribution in [-0.2, 0) is 20.4 Å². The number of rotatable bonds is 8. The standard InChI is InChI=1S/C45H46N4O.Pd/c1-26(2)33-22-39(27(3)4)45(40(23-33)28(5)6)44-31(9)47-49(32(44)10)34-19-30(8)20-36(24-34)50-35-15-16-38-37-13-11-12-14-41(37)48(42(38)25-35)43-21-29(7)17-18-46-43;/h11-23,26-28H,1-10H3;/q-2;+2. The van der Waals surface area contributed by atoms with Gasteiger partial charge in [0.2, 0.25) is 0 Å². The van der Waals surface area contributed by atoms with Crippen molar-refractivity contribution in [2.24, 2.45) is 0 Å². The largest absolute Gasteiger partial charge is 2.00 e. The van der Waals surface area contributed by atoms with Crippen molar-refractivity contribution in [3.8, 4) is 34.1 Å². The van der Waals surface area contributed by atoms with Crippen LogP contribution >= 0.6 is 0 Å². The maximum Gasteiger partial charge on any atom is 2.00 e. The smallest absolute Gasteiger partial charge is 0.509 e. The number of ether oxygens (including phenoxy) is 1. The first-order valence-electron chi connectivity index (χ1n) is 17.8. The van der Waals surface area contributed by atoms with E-state index in [1.807, 2.05) is 29.1 Å². The molecule has 0 radical (unpaired) electrons. The summed E-state index contributed by atoms with van der Waals surface area (Å²) in [5.41, 5.74) is 13.9. The number of aromatic nitrogens is 4. The summed E-state index contributed by atoms with van der Waals surface area (Å²) in [5.74, 6) is 3.31. The molecule has 0 aliphatic carbocycles. The van der Waals surface area contributed by atoms with Crippen molar-refractivity contribution in [2.45, 2.75) is 87.0 Å². The topological polar surface area (TPSA) is 44.9 Å². The molecule has 0 N–H and O–H groups in total. The fourth-order valence-corrected chi connectivity index (χ4v) is 7.25. The van der Waals surface area contributed by atoms with E-state index in [-0.39, 0.29) is 20.4 Å². The summed E-state index contributed by atoms with van der Waals surface area (Å²) in [4.78, 5) is 4.72.